The van der Waals surface area contributed by atoms with Crippen LogP contribution in [-0.2, 0) is 16.0 Å². The third-order valence-corrected chi connectivity index (χ3v) is 6.72. The van der Waals surface area contributed by atoms with Gasteiger partial charge < -0.3 is 9.80 Å². The van der Waals surface area contributed by atoms with Crippen molar-refractivity contribution >= 4 is 23.4 Å². The summed E-state index contributed by atoms with van der Waals surface area (Å²) in [5.74, 6) is -1.03. The Morgan fingerprint density at radius 3 is 2.43 bits per heavy atom. The largest absolute Gasteiger partial charge is 0.337 e. The molecule has 3 amide bonds. The number of hydrogen-bond donors (Lipinski definition) is 1. The minimum atomic E-state index is -0.359. The topological polar surface area (TPSA) is 73.0 Å². The van der Waals surface area contributed by atoms with Crippen LogP contribution in [0.1, 0.15) is 35.2 Å². The lowest BCUT2D eigenvalue weighted by molar-refractivity contribution is -0.139. The smallest absolute Gasteiger partial charge is 0.253 e. The normalized spacial score (nSPS) is 19.5. The van der Waals surface area contributed by atoms with Crippen molar-refractivity contribution in [2.75, 3.05) is 38.7 Å². The first-order valence-electron chi connectivity index (χ1n) is 12.3. The van der Waals surface area contributed by atoms with Crippen molar-refractivity contribution in [1.29, 1.82) is 0 Å². The summed E-state index contributed by atoms with van der Waals surface area (Å²) in [7, 11) is 3.98. The fourth-order valence-corrected chi connectivity index (χ4v) is 4.70. The molecule has 35 heavy (non-hydrogen) atoms. The van der Waals surface area contributed by atoms with Crippen LogP contribution in [0, 0.1) is 11.8 Å². The Labute approximate surface area is 207 Å². The zero-order valence-electron chi connectivity index (χ0n) is 20.5. The Morgan fingerprint density at radius 1 is 0.943 bits per heavy atom. The number of anilines is 1. The van der Waals surface area contributed by atoms with Crippen LogP contribution in [0.25, 0.3) is 0 Å². The number of allylic oxidation sites excluding steroid dienone is 2. The minimum Gasteiger partial charge on any atom is -0.337 e. The molecule has 2 unspecified atom stereocenters. The maximum atomic E-state index is 13.5. The van der Waals surface area contributed by atoms with Crippen LogP contribution >= 0.6 is 0 Å². The van der Waals surface area contributed by atoms with E-state index in [4.69, 9.17) is 0 Å². The molecule has 184 valence electrons. The van der Waals surface area contributed by atoms with Gasteiger partial charge in [-0.1, -0.05) is 48.6 Å². The monoisotopic (exact) mass is 474 g/mol. The maximum Gasteiger partial charge on any atom is 0.253 e. The average molecular weight is 475 g/mol. The number of hydrazine groups is 1. The summed E-state index contributed by atoms with van der Waals surface area (Å²) in [4.78, 5) is 43.3. The van der Waals surface area contributed by atoms with Crippen LogP contribution < -0.4 is 10.4 Å². The van der Waals surface area contributed by atoms with E-state index in [0.29, 0.717) is 37.2 Å². The molecule has 2 aliphatic rings. The Bertz CT molecular complexity index is 1080. The van der Waals surface area contributed by atoms with E-state index in [1.165, 1.54) is 10.6 Å². The number of likely N-dealkylation sites (N-methyl/N-ethyl adjacent to an activating group) is 1. The Morgan fingerprint density at radius 2 is 1.69 bits per heavy atom. The summed E-state index contributed by atoms with van der Waals surface area (Å²) in [6.45, 7) is 2.01. The van der Waals surface area contributed by atoms with Crippen molar-refractivity contribution in [3.8, 4) is 0 Å². The van der Waals surface area contributed by atoms with Gasteiger partial charge in [-0.3, -0.25) is 19.8 Å². The predicted molar refractivity (Wildman–Crippen MR) is 137 cm³/mol. The van der Waals surface area contributed by atoms with Gasteiger partial charge in [-0.2, -0.15) is 0 Å². The van der Waals surface area contributed by atoms with Gasteiger partial charge in [0, 0.05) is 25.2 Å². The second-order valence-electron chi connectivity index (χ2n) is 9.54. The molecule has 0 aromatic heterocycles. The minimum absolute atomic E-state index is 0.0731. The fourth-order valence-electron chi connectivity index (χ4n) is 4.70. The number of fused-ring (bicyclic) bond motifs is 1. The molecular weight excluding hydrogens is 440 g/mol. The highest BCUT2D eigenvalue weighted by molar-refractivity contribution is 6.05. The number of carbonyl (C=O) groups is 3. The van der Waals surface area contributed by atoms with Crippen molar-refractivity contribution in [1.82, 2.24) is 15.2 Å². The number of nitrogens with zero attached hydrogens (tertiary/aromatic N) is 3. The van der Waals surface area contributed by atoms with E-state index in [0.717, 1.165) is 19.4 Å². The lowest BCUT2D eigenvalue weighted by atomic mass is 9.80. The fraction of sp³-hybridized carbons (Fsp3) is 0.393. The molecule has 2 atom stereocenters. The van der Waals surface area contributed by atoms with Crippen LogP contribution in [-0.4, -0.2) is 61.3 Å². The van der Waals surface area contributed by atoms with Crippen LogP contribution in [0.4, 0.5) is 5.69 Å². The number of nitrogens with one attached hydrogen (secondary N) is 1. The van der Waals surface area contributed by atoms with E-state index in [1.807, 2.05) is 49.3 Å². The number of rotatable bonds is 9. The average Bonchev–Trinajstić information content (AvgIpc) is 2.88. The summed E-state index contributed by atoms with van der Waals surface area (Å²) >= 11 is 0. The molecule has 0 saturated carbocycles. The standard InChI is InChI=1S/C28H34N4O3/c1-30(2)18-19-31(17-9-12-21-10-4-3-5-11-21)27(34)22-13-8-14-23(20-22)32-28(35)25-16-7-6-15-24(25)26(33)29-32/h3-8,10-11,13-14,20,24-25H,9,12,15-19H2,1-2H3,(H,29,33). The molecule has 1 saturated heterocycles. The first-order valence-corrected chi connectivity index (χ1v) is 12.3. The van der Waals surface area contributed by atoms with Crippen LogP contribution in [0.15, 0.2) is 66.7 Å². The molecule has 1 aliphatic heterocycles. The van der Waals surface area contributed by atoms with E-state index >= 15 is 0 Å². The van der Waals surface area contributed by atoms with Crippen molar-refractivity contribution in [3.05, 3.63) is 77.9 Å². The third-order valence-electron chi connectivity index (χ3n) is 6.72. The predicted octanol–water partition coefficient (Wildman–Crippen LogP) is 3.28. The first-order chi connectivity index (χ1) is 16.9. The van der Waals surface area contributed by atoms with E-state index < -0.39 is 0 Å². The van der Waals surface area contributed by atoms with Gasteiger partial charge in [0.15, 0.2) is 0 Å². The van der Waals surface area contributed by atoms with Crippen LogP contribution in [0.3, 0.4) is 0 Å². The number of benzene rings is 2. The lowest BCUT2D eigenvalue weighted by Crippen LogP contribution is -2.59. The zero-order chi connectivity index (χ0) is 24.8. The molecule has 7 nitrogen and oxygen atoms in total. The molecule has 0 radical (unpaired) electrons. The number of aryl methyl sites for hydroxylation is 1. The first kappa shape index (κ1) is 24.7. The zero-order valence-corrected chi connectivity index (χ0v) is 20.5. The molecule has 1 aliphatic carbocycles. The molecule has 0 spiro atoms. The van der Waals surface area contributed by atoms with Gasteiger partial charge in [0.2, 0.25) is 11.8 Å². The summed E-state index contributed by atoms with van der Waals surface area (Å²) in [6.07, 6.45) is 6.83. The van der Waals surface area contributed by atoms with E-state index in [1.54, 1.807) is 24.3 Å². The Kier molecular flexibility index (Phi) is 7.98. The summed E-state index contributed by atoms with van der Waals surface area (Å²) in [6, 6.07) is 17.3. The van der Waals surface area contributed by atoms with Gasteiger partial charge in [0.1, 0.15) is 0 Å². The van der Waals surface area contributed by atoms with Crippen LogP contribution in [0.5, 0.6) is 0 Å². The molecule has 4 rings (SSSR count). The van der Waals surface area contributed by atoms with Crippen LogP contribution in [0.2, 0.25) is 0 Å². The summed E-state index contributed by atoms with van der Waals surface area (Å²) in [5, 5.41) is 1.32. The van der Waals surface area contributed by atoms with Crippen molar-refractivity contribution in [2.24, 2.45) is 11.8 Å². The van der Waals surface area contributed by atoms with Gasteiger partial charge >= 0.3 is 0 Å². The number of carbonyl (C=O) groups excluding carboxylic acids is 3. The highest BCUT2D eigenvalue weighted by atomic mass is 16.2. The van der Waals surface area contributed by atoms with Crippen molar-refractivity contribution in [3.63, 3.8) is 0 Å². The quantitative estimate of drug-likeness (QED) is 0.566. The van der Waals surface area contributed by atoms with E-state index in [2.05, 4.69) is 22.5 Å². The molecule has 1 fully saturated rings. The highest BCUT2D eigenvalue weighted by Gasteiger charge is 2.42. The van der Waals surface area contributed by atoms with Gasteiger partial charge in [-0.25, -0.2) is 5.01 Å². The maximum absolute atomic E-state index is 13.5. The Hall–Kier alpha value is -3.45. The number of amides is 3. The van der Waals surface area contributed by atoms with Gasteiger partial charge in [0.25, 0.3) is 5.91 Å². The van der Waals surface area contributed by atoms with Crippen molar-refractivity contribution in [2.45, 2.75) is 25.7 Å². The molecule has 7 heteroatoms. The molecule has 2 aromatic rings. The highest BCUT2D eigenvalue weighted by Crippen LogP contribution is 2.32. The van der Waals surface area contributed by atoms with Crippen molar-refractivity contribution < 1.29 is 14.4 Å². The van der Waals surface area contributed by atoms with Gasteiger partial charge in [0.05, 0.1) is 17.5 Å². The lowest BCUT2D eigenvalue weighted by Gasteiger charge is -2.38. The van der Waals surface area contributed by atoms with E-state index in [-0.39, 0.29) is 29.6 Å². The molecule has 1 N–H and O–H groups in total. The van der Waals surface area contributed by atoms with Gasteiger partial charge in [-0.15, -0.1) is 0 Å². The Balaban J connectivity index is 1.48. The second kappa shape index (κ2) is 11.3. The van der Waals surface area contributed by atoms with E-state index in [9.17, 15) is 14.4 Å². The molecular formula is C28H34N4O3. The third kappa shape index (κ3) is 5.98. The summed E-state index contributed by atoms with van der Waals surface area (Å²) < 4.78 is 0. The molecule has 2 aromatic carbocycles. The second-order valence-corrected chi connectivity index (χ2v) is 9.54. The summed E-state index contributed by atoms with van der Waals surface area (Å²) in [5.41, 5.74) is 5.02. The molecule has 0 bridgehead atoms. The SMILES string of the molecule is CN(C)CCN(CCCc1ccccc1)C(=O)c1cccc(N2NC(=O)C3CC=CCC3C2=O)c1. The number of hydrogen-bond acceptors (Lipinski definition) is 4. The van der Waals surface area contributed by atoms with Gasteiger partial charge in [-0.05, 0) is 63.5 Å². The molecule has 1 heterocycles.